The molecule has 4 heteroatoms. The average Bonchev–Trinajstić information content (AvgIpc) is 2.60. The van der Waals surface area contributed by atoms with Gasteiger partial charge >= 0.3 is 0 Å². The number of aryl methyl sites for hydroxylation is 2. The first kappa shape index (κ1) is 17.7. The molecule has 24 heavy (non-hydrogen) atoms. The minimum atomic E-state index is -0.197. The smallest absolute Gasteiger partial charge is 0.244 e. The largest absolute Gasteiger partial charge is 0.324 e. The van der Waals surface area contributed by atoms with Gasteiger partial charge in [-0.25, -0.2) is 0 Å². The van der Waals surface area contributed by atoms with Crippen LogP contribution in [0.3, 0.4) is 0 Å². The summed E-state index contributed by atoms with van der Waals surface area (Å²) in [5, 5.41) is 2.92. The summed E-state index contributed by atoms with van der Waals surface area (Å²) < 4.78 is 0. The van der Waals surface area contributed by atoms with Crippen LogP contribution in [0.2, 0.25) is 0 Å². The zero-order valence-electron chi connectivity index (χ0n) is 14.5. The Morgan fingerprint density at radius 2 is 1.50 bits per heavy atom. The van der Waals surface area contributed by atoms with E-state index in [0.717, 1.165) is 35.3 Å². The highest BCUT2D eigenvalue weighted by Gasteiger charge is 2.18. The first-order valence-corrected chi connectivity index (χ1v) is 8.30. The normalized spacial score (nSPS) is 10.3. The fraction of sp³-hybridized carbons (Fsp3) is 0.300. The van der Waals surface area contributed by atoms with E-state index in [9.17, 15) is 9.59 Å². The molecule has 126 valence electrons. The number of carbonyl (C=O) groups excluding carboxylic acids is 2. The number of anilines is 2. The topological polar surface area (TPSA) is 49.4 Å². The second kappa shape index (κ2) is 8.29. The second-order valence-electron chi connectivity index (χ2n) is 5.65. The van der Waals surface area contributed by atoms with Gasteiger partial charge in [0.1, 0.15) is 6.54 Å². The van der Waals surface area contributed by atoms with Gasteiger partial charge < -0.3 is 10.2 Å². The minimum Gasteiger partial charge on any atom is -0.324 e. The van der Waals surface area contributed by atoms with E-state index in [1.807, 2.05) is 62.4 Å². The summed E-state index contributed by atoms with van der Waals surface area (Å²) in [5.74, 6) is -0.341. The SMILES string of the molecule is CCc1ccccc1NC(=O)CN(C(C)=O)c1ccccc1CC. The van der Waals surface area contributed by atoms with Gasteiger partial charge in [-0.05, 0) is 36.1 Å². The lowest BCUT2D eigenvalue weighted by Crippen LogP contribution is -2.37. The fourth-order valence-electron chi connectivity index (χ4n) is 2.72. The van der Waals surface area contributed by atoms with Gasteiger partial charge in [-0.1, -0.05) is 50.2 Å². The van der Waals surface area contributed by atoms with E-state index in [-0.39, 0.29) is 18.4 Å². The molecule has 0 spiro atoms. The summed E-state index contributed by atoms with van der Waals surface area (Å²) in [5.41, 5.74) is 3.73. The quantitative estimate of drug-likeness (QED) is 0.878. The third kappa shape index (κ3) is 4.22. The number of nitrogens with one attached hydrogen (secondary N) is 1. The van der Waals surface area contributed by atoms with Gasteiger partial charge in [0.15, 0.2) is 0 Å². The predicted molar refractivity (Wildman–Crippen MR) is 98.3 cm³/mol. The lowest BCUT2D eigenvalue weighted by atomic mass is 10.1. The van der Waals surface area contributed by atoms with Crippen molar-refractivity contribution in [2.24, 2.45) is 0 Å². The third-order valence-corrected chi connectivity index (χ3v) is 4.02. The van der Waals surface area contributed by atoms with Crippen molar-refractivity contribution in [1.82, 2.24) is 0 Å². The van der Waals surface area contributed by atoms with Crippen LogP contribution < -0.4 is 10.2 Å². The number of hydrogen-bond acceptors (Lipinski definition) is 2. The number of rotatable bonds is 6. The molecular weight excluding hydrogens is 300 g/mol. The summed E-state index contributed by atoms with van der Waals surface area (Å²) in [7, 11) is 0. The van der Waals surface area contributed by atoms with Crippen LogP contribution in [0, 0.1) is 0 Å². The molecule has 0 saturated carbocycles. The second-order valence-corrected chi connectivity index (χ2v) is 5.65. The van der Waals surface area contributed by atoms with Crippen LogP contribution in [0.15, 0.2) is 48.5 Å². The summed E-state index contributed by atoms with van der Waals surface area (Å²) in [4.78, 5) is 26.1. The molecule has 1 N–H and O–H groups in total. The van der Waals surface area contributed by atoms with Gasteiger partial charge in [0.05, 0.1) is 0 Å². The van der Waals surface area contributed by atoms with Gasteiger partial charge in [0, 0.05) is 18.3 Å². The molecule has 0 aliphatic carbocycles. The van der Waals surface area contributed by atoms with Gasteiger partial charge in [0.2, 0.25) is 11.8 Å². The monoisotopic (exact) mass is 324 g/mol. The highest BCUT2D eigenvalue weighted by molar-refractivity contribution is 6.02. The van der Waals surface area contributed by atoms with Crippen LogP contribution in [-0.2, 0) is 22.4 Å². The Kier molecular flexibility index (Phi) is 6.13. The van der Waals surface area contributed by atoms with Crippen molar-refractivity contribution in [2.75, 3.05) is 16.8 Å². The summed E-state index contributed by atoms with van der Waals surface area (Å²) in [6.07, 6.45) is 1.64. The molecule has 2 aromatic rings. The maximum Gasteiger partial charge on any atom is 0.244 e. The van der Waals surface area contributed by atoms with Crippen molar-refractivity contribution in [3.8, 4) is 0 Å². The van der Waals surface area contributed by atoms with Crippen molar-refractivity contribution in [1.29, 1.82) is 0 Å². The Balaban J connectivity index is 2.19. The first-order valence-electron chi connectivity index (χ1n) is 8.30. The lowest BCUT2D eigenvalue weighted by molar-refractivity contribution is -0.120. The molecule has 0 atom stereocenters. The number of benzene rings is 2. The van der Waals surface area contributed by atoms with Crippen LogP contribution >= 0.6 is 0 Å². The van der Waals surface area contributed by atoms with Crippen LogP contribution in [0.4, 0.5) is 11.4 Å². The molecular formula is C20H24N2O2. The van der Waals surface area contributed by atoms with Crippen LogP contribution in [0.5, 0.6) is 0 Å². The number of nitrogens with zero attached hydrogens (tertiary/aromatic N) is 1. The number of amides is 2. The average molecular weight is 324 g/mol. The molecule has 0 saturated heterocycles. The van der Waals surface area contributed by atoms with Crippen molar-refractivity contribution in [3.05, 3.63) is 59.7 Å². The van der Waals surface area contributed by atoms with E-state index in [4.69, 9.17) is 0 Å². The minimum absolute atomic E-state index is 0.00436. The Morgan fingerprint density at radius 1 is 0.917 bits per heavy atom. The van der Waals surface area contributed by atoms with E-state index in [1.54, 1.807) is 0 Å². The van der Waals surface area contributed by atoms with Crippen LogP contribution in [0.1, 0.15) is 31.9 Å². The highest BCUT2D eigenvalue weighted by atomic mass is 16.2. The van der Waals surface area contributed by atoms with Crippen molar-refractivity contribution < 1.29 is 9.59 Å². The summed E-state index contributed by atoms with van der Waals surface area (Å²) in [6.45, 7) is 5.57. The molecule has 0 fully saturated rings. The standard InChI is InChI=1S/C20H24N2O2/c1-4-16-10-6-8-12-18(16)21-20(24)14-22(15(3)23)19-13-9-7-11-17(19)5-2/h6-13H,4-5,14H2,1-3H3,(H,21,24). The number of para-hydroxylation sites is 2. The molecule has 2 aromatic carbocycles. The fourth-order valence-corrected chi connectivity index (χ4v) is 2.72. The lowest BCUT2D eigenvalue weighted by Gasteiger charge is -2.23. The van der Waals surface area contributed by atoms with E-state index < -0.39 is 0 Å². The molecule has 0 unspecified atom stereocenters. The third-order valence-electron chi connectivity index (χ3n) is 4.02. The Morgan fingerprint density at radius 3 is 2.12 bits per heavy atom. The maximum absolute atomic E-state index is 12.5. The van der Waals surface area contributed by atoms with Crippen molar-refractivity contribution in [3.63, 3.8) is 0 Å². The van der Waals surface area contributed by atoms with Gasteiger partial charge in [-0.3, -0.25) is 9.59 Å². The van der Waals surface area contributed by atoms with Gasteiger partial charge in [-0.15, -0.1) is 0 Å². The molecule has 4 nitrogen and oxygen atoms in total. The molecule has 0 heterocycles. The van der Waals surface area contributed by atoms with Crippen LogP contribution in [0.25, 0.3) is 0 Å². The molecule has 0 aliphatic heterocycles. The molecule has 0 aromatic heterocycles. The Bertz CT molecular complexity index is 725. The van der Waals surface area contributed by atoms with E-state index in [0.29, 0.717) is 0 Å². The van der Waals surface area contributed by atoms with Gasteiger partial charge in [-0.2, -0.15) is 0 Å². The molecule has 2 amide bonds. The summed E-state index contributed by atoms with van der Waals surface area (Å²) in [6, 6.07) is 15.4. The zero-order valence-corrected chi connectivity index (χ0v) is 14.5. The van der Waals surface area contributed by atoms with E-state index in [1.165, 1.54) is 11.8 Å². The molecule has 0 aliphatic rings. The van der Waals surface area contributed by atoms with E-state index >= 15 is 0 Å². The van der Waals surface area contributed by atoms with Crippen LogP contribution in [-0.4, -0.2) is 18.4 Å². The maximum atomic E-state index is 12.5. The summed E-state index contributed by atoms with van der Waals surface area (Å²) >= 11 is 0. The predicted octanol–water partition coefficient (Wildman–Crippen LogP) is 3.80. The van der Waals surface area contributed by atoms with E-state index in [2.05, 4.69) is 5.32 Å². The molecule has 0 radical (unpaired) electrons. The Labute approximate surface area is 143 Å². The molecule has 2 rings (SSSR count). The van der Waals surface area contributed by atoms with Gasteiger partial charge in [0.25, 0.3) is 0 Å². The molecule has 0 bridgehead atoms. The highest BCUT2D eigenvalue weighted by Crippen LogP contribution is 2.21. The Hall–Kier alpha value is -2.62. The number of hydrogen-bond donors (Lipinski definition) is 1. The zero-order chi connectivity index (χ0) is 17.5. The van der Waals surface area contributed by atoms with Crippen molar-refractivity contribution >= 4 is 23.2 Å². The number of carbonyl (C=O) groups is 2. The van der Waals surface area contributed by atoms with Crippen molar-refractivity contribution in [2.45, 2.75) is 33.6 Å². The first-order chi connectivity index (χ1) is 11.6.